The molecule has 0 spiro atoms. The van der Waals surface area contributed by atoms with E-state index in [2.05, 4.69) is 49.7 Å². The van der Waals surface area contributed by atoms with Crippen LogP contribution in [0.15, 0.2) is 46.8 Å². The van der Waals surface area contributed by atoms with E-state index in [0.717, 1.165) is 24.3 Å². The van der Waals surface area contributed by atoms with Crippen LogP contribution in [0.1, 0.15) is 31.9 Å². The largest absolute Gasteiger partial charge is 0.466 e. The maximum Gasteiger partial charge on any atom is 0.311 e. The van der Waals surface area contributed by atoms with E-state index in [1.807, 2.05) is 12.1 Å². The fourth-order valence-corrected chi connectivity index (χ4v) is 4.99. The molecule has 1 N–H and O–H groups in total. The molecular weight excluding hydrogens is 470 g/mol. The molecule has 1 aliphatic rings. The Bertz CT molecular complexity index is 1100. The number of hydrogen-bond donors (Lipinski definition) is 1. The van der Waals surface area contributed by atoms with Crippen LogP contribution in [0, 0.1) is 0 Å². The summed E-state index contributed by atoms with van der Waals surface area (Å²) in [6.07, 6.45) is 3.92. The Hall–Kier alpha value is -2.98. The Labute approximate surface area is 207 Å². The summed E-state index contributed by atoms with van der Waals surface area (Å²) in [4.78, 5) is 30.5. The Morgan fingerprint density at radius 2 is 1.88 bits per heavy atom. The lowest BCUT2D eigenvalue weighted by Gasteiger charge is -2.28. The van der Waals surface area contributed by atoms with E-state index < -0.39 is 0 Å². The summed E-state index contributed by atoms with van der Waals surface area (Å²) in [7, 11) is 0. The van der Waals surface area contributed by atoms with Crippen LogP contribution in [-0.4, -0.2) is 52.5 Å². The molecule has 0 saturated carbocycles. The van der Waals surface area contributed by atoms with Gasteiger partial charge in [-0.15, -0.1) is 21.5 Å². The quantitative estimate of drug-likeness (QED) is 0.343. The number of ether oxygens (including phenoxy) is 1. The molecule has 0 aliphatic carbocycles. The highest BCUT2D eigenvalue weighted by Gasteiger charge is 2.13. The van der Waals surface area contributed by atoms with E-state index in [1.54, 1.807) is 12.3 Å². The lowest BCUT2D eigenvalue weighted by atomic mass is 10.1. The highest BCUT2D eigenvalue weighted by Crippen LogP contribution is 2.25. The fourth-order valence-electron chi connectivity index (χ4n) is 3.65. The first-order chi connectivity index (χ1) is 16.6. The number of benzene rings is 1. The highest BCUT2D eigenvalue weighted by atomic mass is 32.2. The van der Waals surface area contributed by atoms with Crippen molar-refractivity contribution in [3.63, 3.8) is 0 Å². The van der Waals surface area contributed by atoms with Crippen molar-refractivity contribution in [1.29, 1.82) is 0 Å². The van der Waals surface area contributed by atoms with Gasteiger partial charge in [-0.3, -0.25) is 9.59 Å². The van der Waals surface area contributed by atoms with Gasteiger partial charge in [-0.05, 0) is 50.5 Å². The van der Waals surface area contributed by atoms with Crippen molar-refractivity contribution in [2.45, 2.75) is 37.6 Å². The van der Waals surface area contributed by atoms with Gasteiger partial charge in [0.15, 0.2) is 5.13 Å². The third-order valence-corrected chi connectivity index (χ3v) is 7.03. The number of piperidine rings is 1. The van der Waals surface area contributed by atoms with Crippen molar-refractivity contribution in [1.82, 2.24) is 15.2 Å². The first-order valence-electron chi connectivity index (χ1n) is 11.3. The van der Waals surface area contributed by atoms with Crippen LogP contribution in [0.4, 0.5) is 10.8 Å². The van der Waals surface area contributed by atoms with Crippen molar-refractivity contribution >= 4 is 45.8 Å². The van der Waals surface area contributed by atoms with Crippen molar-refractivity contribution < 1.29 is 14.3 Å². The molecule has 2 aromatic heterocycles. The van der Waals surface area contributed by atoms with E-state index in [-0.39, 0.29) is 24.1 Å². The second kappa shape index (κ2) is 11.9. The minimum Gasteiger partial charge on any atom is -0.466 e. The van der Waals surface area contributed by atoms with E-state index in [0.29, 0.717) is 22.5 Å². The summed E-state index contributed by atoms with van der Waals surface area (Å²) in [6.45, 7) is 4.33. The van der Waals surface area contributed by atoms with Crippen LogP contribution in [-0.2, 0) is 20.7 Å². The number of thioether (sulfide) groups is 1. The minimum absolute atomic E-state index is 0.0951. The number of thiazole rings is 1. The van der Waals surface area contributed by atoms with Crippen LogP contribution in [0.3, 0.4) is 0 Å². The van der Waals surface area contributed by atoms with E-state index in [9.17, 15) is 9.59 Å². The molecular formula is C24H27N5O3S2. The number of anilines is 2. The molecule has 1 aliphatic heterocycles. The van der Waals surface area contributed by atoms with Crippen LogP contribution in [0.2, 0.25) is 0 Å². The molecule has 10 heteroatoms. The van der Waals surface area contributed by atoms with Gasteiger partial charge < -0.3 is 15.0 Å². The predicted molar refractivity (Wildman–Crippen MR) is 135 cm³/mol. The minimum atomic E-state index is -0.332. The van der Waals surface area contributed by atoms with E-state index in [4.69, 9.17) is 4.74 Å². The third kappa shape index (κ3) is 6.77. The first kappa shape index (κ1) is 24.2. The molecule has 0 radical (unpaired) electrons. The zero-order chi connectivity index (χ0) is 23.8. The van der Waals surface area contributed by atoms with Gasteiger partial charge in [-0.2, -0.15) is 0 Å². The lowest BCUT2D eigenvalue weighted by Crippen LogP contribution is -2.29. The average Bonchev–Trinajstić information content (AvgIpc) is 3.30. The van der Waals surface area contributed by atoms with Crippen LogP contribution < -0.4 is 10.2 Å². The maximum absolute atomic E-state index is 12.3. The Morgan fingerprint density at radius 1 is 1.09 bits per heavy atom. The molecule has 0 unspecified atom stereocenters. The van der Waals surface area contributed by atoms with Gasteiger partial charge in [0, 0.05) is 29.7 Å². The van der Waals surface area contributed by atoms with Crippen LogP contribution in [0.25, 0.3) is 11.3 Å². The number of carbonyl (C=O) groups excluding carboxylic acids is 2. The summed E-state index contributed by atoms with van der Waals surface area (Å²) >= 11 is 2.59. The summed E-state index contributed by atoms with van der Waals surface area (Å²) in [5.74, 6) is -0.340. The predicted octanol–water partition coefficient (Wildman–Crippen LogP) is 4.43. The molecule has 1 saturated heterocycles. The van der Waals surface area contributed by atoms with Gasteiger partial charge in [0.25, 0.3) is 0 Å². The van der Waals surface area contributed by atoms with Crippen LogP contribution >= 0.6 is 23.1 Å². The first-order valence-corrected chi connectivity index (χ1v) is 13.2. The molecule has 178 valence electrons. The zero-order valence-corrected chi connectivity index (χ0v) is 20.7. The second-order valence-corrected chi connectivity index (χ2v) is 9.67. The number of esters is 1. The molecule has 4 rings (SSSR count). The normalized spacial score (nSPS) is 13.5. The van der Waals surface area contributed by atoms with Crippen molar-refractivity contribution in [3.8, 4) is 11.3 Å². The molecule has 1 aromatic carbocycles. The van der Waals surface area contributed by atoms with Gasteiger partial charge in [-0.1, -0.05) is 23.9 Å². The molecule has 8 nitrogen and oxygen atoms in total. The SMILES string of the molecule is CCOC(=O)Cc1csc(NC(=O)CSc2ccc(-c3ccc(N4CCCCC4)cc3)nn2)n1. The zero-order valence-electron chi connectivity index (χ0n) is 19.0. The molecule has 3 heterocycles. The van der Waals surface area contributed by atoms with Crippen molar-refractivity contribution in [2.75, 3.05) is 35.7 Å². The highest BCUT2D eigenvalue weighted by molar-refractivity contribution is 7.99. The summed E-state index contributed by atoms with van der Waals surface area (Å²) in [5.41, 5.74) is 3.65. The molecule has 34 heavy (non-hydrogen) atoms. The van der Waals surface area contributed by atoms with E-state index in [1.165, 1.54) is 48.0 Å². The standard InChI is InChI=1S/C24H27N5O3S2/c1-2-32-23(31)14-18-15-34-24(25-18)26-21(30)16-33-22-11-10-20(27-28-22)17-6-8-19(9-7-17)29-12-4-3-5-13-29/h6-11,15H,2-5,12-14,16H2,1H3,(H,25,26,30). The number of rotatable bonds is 9. The molecule has 1 fully saturated rings. The van der Waals surface area contributed by atoms with Gasteiger partial charge >= 0.3 is 5.97 Å². The van der Waals surface area contributed by atoms with Gasteiger partial charge in [0.05, 0.1) is 30.2 Å². The topological polar surface area (TPSA) is 97.3 Å². The Kier molecular flexibility index (Phi) is 8.48. The summed E-state index contributed by atoms with van der Waals surface area (Å²) in [5, 5.41) is 14.2. The van der Waals surface area contributed by atoms with E-state index >= 15 is 0 Å². The monoisotopic (exact) mass is 497 g/mol. The fraction of sp³-hybridized carbons (Fsp3) is 0.375. The maximum atomic E-state index is 12.3. The molecule has 0 atom stereocenters. The van der Waals surface area contributed by atoms with Crippen molar-refractivity contribution in [3.05, 3.63) is 47.5 Å². The molecule has 0 bridgehead atoms. The number of carbonyl (C=O) groups is 2. The Morgan fingerprint density at radius 3 is 2.59 bits per heavy atom. The van der Waals surface area contributed by atoms with Crippen LogP contribution in [0.5, 0.6) is 0 Å². The van der Waals surface area contributed by atoms with Gasteiger partial charge in [-0.25, -0.2) is 4.98 Å². The Balaban J connectivity index is 1.25. The lowest BCUT2D eigenvalue weighted by molar-refractivity contribution is -0.142. The summed E-state index contributed by atoms with van der Waals surface area (Å²) in [6, 6.07) is 12.3. The number of aromatic nitrogens is 3. The number of hydrogen-bond acceptors (Lipinski definition) is 9. The smallest absolute Gasteiger partial charge is 0.311 e. The average molecular weight is 498 g/mol. The second-order valence-electron chi connectivity index (χ2n) is 7.81. The number of nitrogens with zero attached hydrogens (tertiary/aromatic N) is 4. The van der Waals surface area contributed by atoms with Gasteiger partial charge in [0.2, 0.25) is 5.91 Å². The van der Waals surface area contributed by atoms with Gasteiger partial charge in [0.1, 0.15) is 5.03 Å². The third-order valence-electron chi connectivity index (χ3n) is 5.30. The number of nitrogens with one attached hydrogen (secondary N) is 1. The summed E-state index contributed by atoms with van der Waals surface area (Å²) < 4.78 is 4.91. The van der Waals surface area contributed by atoms with Crippen molar-refractivity contribution in [2.24, 2.45) is 0 Å². The molecule has 3 aromatic rings. The molecule has 1 amide bonds. The number of amides is 1.